The lowest BCUT2D eigenvalue weighted by atomic mass is 10.2. The predicted molar refractivity (Wildman–Crippen MR) is 87.7 cm³/mol. The molecule has 2 aromatic heterocycles. The van der Waals surface area contributed by atoms with Crippen LogP contribution in [-0.4, -0.2) is 30.6 Å². The van der Waals surface area contributed by atoms with Gasteiger partial charge in [0, 0.05) is 37.0 Å². The van der Waals surface area contributed by atoms with E-state index >= 15 is 0 Å². The normalized spacial score (nSPS) is 10.8. The third-order valence-electron chi connectivity index (χ3n) is 3.34. The molecule has 0 saturated heterocycles. The molecule has 3 rings (SSSR count). The number of methoxy groups -OCH3 is 1. The number of ether oxygens (including phenoxy) is 1. The Labute approximate surface area is 127 Å². The lowest BCUT2D eigenvalue weighted by Crippen LogP contribution is -2.09. The van der Waals surface area contributed by atoms with Crippen molar-refractivity contribution >= 4 is 27.7 Å². The van der Waals surface area contributed by atoms with E-state index in [0.29, 0.717) is 12.4 Å². The van der Waals surface area contributed by atoms with Gasteiger partial charge in [0.25, 0.3) is 0 Å². The zero-order valence-corrected chi connectivity index (χ0v) is 13.1. The smallest absolute Gasteiger partial charge is 0.238 e. The topological polar surface area (TPSA) is 41.8 Å². The number of aromatic nitrogens is 2. The minimum atomic E-state index is 0.665. The SMILES string of the molecule is COc1nc2sccn2c1CNc1cccc(N(C)C)c1. The Morgan fingerprint density at radius 1 is 1.38 bits per heavy atom. The van der Waals surface area contributed by atoms with Crippen LogP contribution in [0.3, 0.4) is 0 Å². The Morgan fingerprint density at radius 2 is 2.24 bits per heavy atom. The van der Waals surface area contributed by atoms with E-state index in [1.807, 2.05) is 31.7 Å². The molecule has 1 aromatic carbocycles. The first-order valence-corrected chi connectivity index (χ1v) is 7.56. The molecule has 0 radical (unpaired) electrons. The summed E-state index contributed by atoms with van der Waals surface area (Å²) in [5.74, 6) is 0.679. The number of anilines is 2. The number of imidazole rings is 1. The first kappa shape index (κ1) is 13.8. The standard InChI is InChI=1S/C15H18N4OS/c1-18(2)12-6-4-5-11(9-12)16-10-13-14(20-3)17-15-19(13)7-8-21-15/h4-9,16H,10H2,1-3H3. The molecule has 0 saturated carbocycles. The summed E-state index contributed by atoms with van der Waals surface area (Å²) < 4.78 is 7.43. The van der Waals surface area contributed by atoms with Crippen LogP contribution in [0.25, 0.3) is 4.96 Å². The molecular weight excluding hydrogens is 284 g/mol. The molecule has 6 heteroatoms. The van der Waals surface area contributed by atoms with Crippen molar-refractivity contribution in [1.29, 1.82) is 0 Å². The molecule has 0 spiro atoms. The van der Waals surface area contributed by atoms with Crippen LogP contribution in [0.15, 0.2) is 35.8 Å². The van der Waals surface area contributed by atoms with E-state index in [2.05, 4.69) is 37.8 Å². The maximum absolute atomic E-state index is 5.37. The van der Waals surface area contributed by atoms with Gasteiger partial charge < -0.3 is 15.0 Å². The van der Waals surface area contributed by atoms with Crippen molar-refractivity contribution in [3.63, 3.8) is 0 Å². The summed E-state index contributed by atoms with van der Waals surface area (Å²) in [5, 5.41) is 5.46. The number of nitrogens with zero attached hydrogens (tertiary/aromatic N) is 3. The van der Waals surface area contributed by atoms with Gasteiger partial charge in [0.2, 0.25) is 5.88 Å². The van der Waals surface area contributed by atoms with Crippen molar-refractivity contribution in [3.8, 4) is 5.88 Å². The van der Waals surface area contributed by atoms with Crippen LogP contribution in [-0.2, 0) is 6.54 Å². The van der Waals surface area contributed by atoms with Crippen LogP contribution in [0.5, 0.6) is 5.88 Å². The van der Waals surface area contributed by atoms with Gasteiger partial charge in [-0.25, -0.2) is 0 Å². The Hall–Kier alpha value is -2.21. The largest absolute Gasteiger partial charge is 0.480 e. The summed E-state index contributed by atoms with van der Waals surface area (Å²) in [5.41, 5.74) is 3.28. The van der Waals surface area contributed by atoms with Crippen molar-refractivity contribution in [2.45, 2.75) is 6.54 Å². The number of hydrogen-bond acceptors (Lipinski definition) is 5. The average molecular weight is 302 g/mol. The molecule has 5 nitrogen and oxygen atoms in total. The van der Waals surface area contributed by atoms with E-state index in [1.54, 1.807) is 18.4 Å². The summed E-state index contributed by atoms with van der Waals surface area (Å²) in [4.78, 5) is 7.49. The van der Waals surface area contributed by atoms with Gasteiger partial charge >= 0.3 is 0 Å². The Morgan fingerprint density at radius 3 is 3.00 bits per heavy atom. The molecule has 0 atom stereocenters. The molecule has 0 aliphatic carbocycles. The lowest BCUT2D eigenvalue weighted by molar-refractivity contribution is 0.395. The van der Waals surface area contributed by atoms with Crippen molar-refractivity contribution < 1.29 is 4.74 Å². The number of benzene rings is 1. The van der Waals surface area contributed by atoms with Crippen LogP contribution < -0.4 is 15.0 Å². The van der Waals surface area contributed by atoms with Crippen LogP contribution in [0, 0.1) is 0 Å². The highest BCUT2D eigenvalue weighted by atomic mass is 32.1. The lowest BCUT2D eigenvalue weighted by Gasteiger charge is -2.14. The highest BCUT2D eigenvalue weighted by Crippen LogP contribution is 2.24. The molecule has 110 valence electrons. The van der Waals surface area contributed by atoms with Gasteiger partial charge in [-0.1, -0.05) is 6.07 Å². The van der Waals surface area contributed by atoms with Gasteiger partial charge in [0.1, 0.15) is 5.69 Å². The summed E-state index contributed by atoms with van der Waals surface area (Å²) in [6.45, 7) is 0.665. The molecule has 2 heterocycles. The molecule has 0 amide bonds. The third-order valence-corrected chi connectivity index (χ3v) is 4.10. The van der Waals surface area contributed by atoms with E-state index in [4.69, 9.17) is 4.74 Å². The summed E-state index contributed by atoms with van der Waals surface area (Å²) in [6.07, 6.45) is 2.02. The van der Waals surface area contributed by atoms with E-state index in [0.717, 1.165) is 16.3 Å². The van der Waals surface area contributed by atoms with Crippen molar-refractivity contribution in [3.05, 3.63) is 41.5 Å². The molecule has 0 bridgehead atoms. The van der Waals surface area contributed by atoms with E-state index in [1.165, 1.54) is 5.69 Å². The van der Waals surface area contributed by atoms with Gasteiger partial charge in [0.05, 0.1) is 13.7 Å². The number of hydrogen-bond donors (Lipinski definition) is 1. The molecule has 0 unspecified atom stereocenters. The molecule has 3 aromatic rings. The zero-order valence-electron chi connectivity index (χ0n) is 12.3. The maximum atomic E-state index is 5.37. The maximum Gasteiger partial charge on any atom is 0.238 e. The fraction of sp³-hybridized carbons (Fsp3) is 0.267. The number of nitrogens with one attached hydrogen (secondary N) is 1. The van der Waals surface area contributed by atoms with Gasteiger partial charge in [-0.05, 0) is 18.2 Å². The summed E-state index contributed by atoms with van der Waals surface area (Å²) in [7, 11) is 5.73. The molecule has 1 N–H and O–H groups in total. The first-order chi connectivity index (χ1) is 10.2. The van der Waals surface area contributed by atoms with E-state index in [-0.39, 0.29) is 0 Å². The highest BCUT2D eigenvalue weighted by Gasteiger charge is 2.13. The van der Waals surface area contributed by atoms with Crippen LogP contribution in [0.4, 0.5) is 11.4 Å². The van der Waals surface area contributed by atoms with E-state index < -0.39 is 0 Å². The Bertz CT molecular complexity index is 747. The molecular formula is C15H18N4OS. The van der Waals surface area contributed by atoms with Gasteiger partial charge in [-0.3, -0.25) is 4.40 Å². The van der Waals surface area contributed by atoms with Gasteiger partial charge in [-0.2, -0.15) is 4.98 Å². The van der Waals surface area contributed by atoms with Crippen LogP contribution in [0.1, 0.15) is 5.69 Å². The Balaban J connectivity index is 1.83. The van der Waals surface area contributed by atoms with Gasteiger partial charge in [-0.15, -0.1) is 11.3 Å². The van der Waals surface area contributed by atoms with E-state index in [9.17, 15) is 0 Å². The summed E-state index contributed by atoms with van der Waals surface area (Å²) >= 11 is 1.60. The van der Waals surface area contributed by atoms with Crippen molar-refractivity contribution in [2.75, 3.05) is 31.4 Å². The third kappa shape index (κ3) is 2.67. The average Bonchev–Trinajstić information content (AvgIpc) is 3.06. The number of rotatable bonds is 5. The molecule has 0 aliphatic rings. The second-order valence-corrected chi connectivity index (χ2v) is 5.79. The van der Waals surface area contributed by atoms with Crippen molar-refractivity contribution in [2.24, 2.45) is 0 Å². The first-order valence-electron chi connectivity index (χ1n) is 6.68. The molecule has 0 fully saturated rings. The summed E-state index contributed by atoms with van der Waals surface area (Å²) in [6, 6.07) is 8.32. The number of thiazole rings is 1. The molecule has 21 heavy (non-hydrogen) atoms. The van der Waals surface area contributed by atoms with Crippen molar-refractivity contribution in [1.82, 2.24) is 9.38 Å². The fourth-order valence-electron chi connectivity index (χ4n) is 2.22. The zero-order chi connectivity index (χ0) is 14.8. The second kappa shape index (κ2) is 5.65. The monoisotopic (exact) mass is 302 g/mol. The molecule has 0 aliphatic heterocycles. The minimum Gasteiger partial charge on any atom is -0.480 e. The van der Waals surface area contributed by atoms with Gasteiger partial charge in [0.15, 0.2) is 4.96 Å². The highest BCUT2D eigenvalue weighted by molar-refractivity contribution is 7.15. The quantitative estimate of drug-likeness (QED) is 0.786. The minimum absolute atomic E-state index is 0.665. The van der Waals surface area contributed by atoms with Crippen LogP contribution in [0.2, 0.25) is 0 Å². The van der Waals surface area contributed by atoms with Crippen LogP contribution >= 0.6 is 11.3 Å². The number of fused-ring (bicyclic) bond motifs is 1. The second-order valence-electron chi connectivity index (χ2n) is 4.92. The predicted octanol–water partition coefficient (Wildman–Crippen LogP) is 3.08. The Kier molecular flexibility index (Phi) is 3.70. The fourth-order valence-corrected chi connectivity index (χ4v) is 2.94.